The first-order valence-corrected chi connectivity index (χ1v) is 12.7. The number of aromatic nitrogens is 2. The smallest absolute Gasteiger partial charge is 0.282 e. The molecule has 3 heterocycles. The van der Waals surface area contributed by atoms with Gasteiger partial charge in [0.15, 0.2) is 5.69 Å². The number of rotatable bonds is 4. The Labute approximate surface area is 188 Å². The molecule has 2 saturated heterocycles. The van der Waals surface area contributed by atoms with Crippen LogP contribution in [0.25, 0.3) is 5.69 Å². The van der Waals surface area contributed by atoms with Gasteiger partial charge in [0.2, 0.25) is 0 Å². The number of nitrogens with zero attached hydrogens (tertiary/aromatic N) is 5. The van der Waals surface area contributed by atoms with Gasteiger partial charge in [0.05, 0.1) is 18.9 Å². The molecule has 0 bridgehead atoms. The number of hydrogen-bond acceptors (Lipinski definition) is 5. The van der Waals surface area contributed by atoms with Crippen molar-refractivity contribution in [2.24, 2.45) is 0 Å². The van der Waals surface area contributed by atoms with E-state index in [2.05, 4.69) is 0 Å². The fourth-order valence-corrected chi connectivity index (χ4v) is 6.38. The molecule has 1 amide bonds. The van der Waals surface area contributed by atoms with E-state index in [1.165, 1.54) is 8.61 Å². The fraction of sp³-hybridized carbons (Fsp3) is 0.545. The van der Waals surface area contributed by atoms with E-state index >= 15 is 0 Å². The Morgan fingerprint density at radius 2 is 1.66 bits per heavy atom. The minimum Gasteiger partial charge on any atom is -0.379 e. The van der Waals surface area contributed by atoms with Gasteiger partial charge in [-0.05, 0) is 37.8 Å². The molecule has 0 atom stereocenters. The Balaban J connectivity index is 1.33. The monoisotopic (exact) mass is 459 g/mol. The first-order valence-electron chi connectivity index (χ1n) is 11.3. The lowest BCUT2D eigenvalue weighted by molar-refractivity contribution is 0.0632. The molecule has 172 valence electrons. The molecule has 0 saturated carbocycles. The standard InChI is InChI=1S/C22H29N5O4S/c1-17-5-2-3-7-19(17)27-20-8-4-6-18(20)21(23-27)22(28)24-9-11-25(12-10-24)32(29,30)26-13-15-31-16-14-26/h2-3,5,7H,4,6,8-16H2,1H3. The lowest BCUT2D eigenvalue weighted by Crippen LogP contribution is -2.55. The second-order valence-corrected chi connectivity index (χ2v) is 10.5. The Hall–Kier alpha value is -2.27. The number of piperazine rings is 1. The van der Waals surface area contributed by atoms with Crippen LogP contribution in [0.5, 0.6) is 0 Å². The summed E-state index contributed by atoms with van der Waals surface area (Å²) in [5.74, 6) is -0.0982. The predicted octanol–water partition coefficient (Wildman–Crippen LogP) is 1.00. The topological polar surface area (TPSA) is 88.0 Å². The number of aryl methyl sites for hydroxylation is 1. The van der Waals surface area contributed by atoms with Gasteiger partial charge in [0.25, 0.3) is 16.1 Å². The molecule has 2 fully saturated rings. The van der Waals surface area contributed by atoms with Gasteiger partial charge in [-0.25, -0.2) is 4.68 Å². The van der Waals surface area contributed by atoms with Crippen molar-refractivity contribution in [1.82, 2.24) is 23.3 Å². The second-order valence-electron chi connectivity index (χ2n) is 8.54. The quantitative estimate of drug-likeness (QED) is 0.681. The number of carbonyl (C=O) groups is 1. The maximum absolute atomic E-state index is 13.4. The van der Waals surface area contributed by atoms with Gasteiger partial charge in [-0.2, -0.15) is 22.1 Å². The highest BCUT2D eigenvalue weighted by atomic mass is 32.2. The lowest BCUT2D eigenvalue weighted by atomic mass is 10.1. The molecule has 3 aliphatic rings. The molecule has 0 N–H and O–H groups in total. The average Bonchev–Trinajstić information content (AvgIpc) is 3.43. The maximum Gasteiger partial charge on any atom is 0.282 e. The summed E-state index contributed by atoms with van der Waals surface area (Å²) in [6, 6.07) is 8.07. The van der Waals surface area contributed by atoms with Gasteiger partial charge >= 0.3 is 0 Å². The number of morpholine rings is 1. The highest BCUT2D eigenvalue weighted by Crippen LogP contribution is 2.30. The van der Waals surface area contributed by atoms with Gasteiger partial charge in [0, 0.05) is 50.5 Å². The molecule has 5 rings (SSSR count). The number of ether oxygens (including phenoxy) is 1. The summed E-state index contributed by atoms with van der Waals surface area (Å²) >= 11 is 0. The summed E-state index contributed by atoms with van der Waals surface area (Å²) in [7, 11) is -3.52. The number of carbonyl (C=O) groups excluding carboxylic acids is 1. The number of benzene rings is 1. The van der Waals surface area contributed by atoms with Crippen LogP contribution in [0.2, 0.25) is 0 Å². The van der Waals surface area contributed by atoms with Gasteiger partial charge < -0.3 is 9.64 Å². The van der Waals surface area contributed by atoms with Crippen LogP contribution in [0.1, 0.15) is 33.7 Å². The summed E-state index contributed by atoms with van der Waals surface area (Å²) in [5, 5.41) is 4.75. The molecule has 0 unspecified atom stereocenters. The van der Waals surface area contributed by atoms with Gasteiger partial charge in [0.1, 0.15) is 0 Å². The van der Waals surface area contributed by atoms with E-state index < -0.39 is 10.2 Å². The second kappa shape index (κ2) is 8.58. The number of fused-ring (bicyclic) bond motifs is 1. The van der Waals surface area contributed by atoms with E-state index in [1.54, 1.807) is 4.90 Å². The van der Waals surface area contributed by atoms with Crippen molar-refractivity contribution in [3.63, 3.8) is 0 Å². The number of para-hydroxylation sites is 1. The molecule has 2 aromatic rings. The third-order valence-corrected chi connectivity index (χ3v) is 8.66. The molecule has 10 heteroatoms. The van der Waals surface area contributed by atoms with E-state index in [-0.39, 0.29) is 5.91 Å². The average molecular weight is 460 g/mol. The van der Waals surface area contributed by atoms with Crippen molar-refractivity contribution in [3.05, 3.63) is 46.8 Å². The molecule has 32 heavy (non-hydrogen) atoms. The van der Waals surface area contributed by atoms with Gasteiger partial charge in [-0.1, -0.05) is 18.2 Å². The Morgan fingerprint density at radius 1 is 0.969 bits per heavy atom. The Kier molecular flexibility index (Phi) is 5.79. The summed E-state index contributed by atoms with van der Waals surface area (Å²) in [6.07, 6.45) is 2.79. The fourth-order valence-electron chi connectivity index (χ4n) is 4.82. The third-order valence-electron chi connectivity index (χ3n) is 6.62. The molecule has 1 aromatic heterocycles. The Bertz CT molecular complexity index is 1120. The van der Waals surface area contributed by atoms with E-state index in [9.17, 15) is 13.2 Å². The highest BCUT2D eigenvalue weighted by Gasteiger charge is 2.36. The van der Waals surface area contributed by atoms with E-state index in [1.807, 2.05) is 35.9 Å². The number of amides is 1. The highest BCUT2D eigenvalue weighted by molar-refractivity contribution is 7.86. The van der Waals surface area contributed by atoms with Crippen molar-refractivity contribution >= 4 is 16.1 Å². The van der Waals surface area contributed by atoms with Crippen LogP contribution < -0.4 is 0 Å². The van der Waals surface area contributed by atoms with Crippen LogP contribution in [0.3, 0.4) is 0 Å². The molecule has 0 spiro atoms. The molecule has 9 nitrogen and oxygen atoms in total. The molecule has 1 aromatic carbocycles. The van der Waals surface area contributed by atoms with Crippen LogP contribution in [-0.2, 0) is 27.8 Å². The summed E-state index contributed by atoms with van der Waals surface area (Å²) in [6.45, 7) is 4.99. The van der Waals surface area contributed by atoms with Crippen LogP contribution in [0, 0.1) is 6.92 Å². The summed E-state index contributed by atoms with van der Waals surface area (Å²) in [5.41, 5.74) is 4.81. The molecule has 0 radical (unpaired) electrons. The molecule has 1 aliphatic carbocycles. The van der Waals surface area contributed by atoms with Crippen LogP contribution in [0.15, 0.2) is 24.3 Å². The van der Waals surface area contributed by atoms with Gasteiger partial charge in [-0.3, -0.25) is 4.79 Å². The van der Waals surface area contributed by atoms with Crippen LogP contribution in [-0.4, -0.2) is 90.1 Å². The zero-order valence-corrected chi connectivity index (χ0v) is 19.2. The van der Waals surface area contributed by atoms with Gasteiger partial charge in [-0.15, -0.1) is 0 Å². The Morgan fingerprint density at radius 3 is 2.38 bits per heavy atom. The van der Waals surface area contributed by atoms with E-state index in [4.69, 9.17) is 9.84 Å². The zero-order chi connectivity index (χ0) is 22.3. The SMILES string of the molecule is Cc1ccccc1-n1nc(C(=O)N2CCN(S(=O)(=O)N3CCOCC3)CC2)c2c1CCC2. The summed E-state index contributed by atoms with van der Waals surface area (Å²) < 4.78 is 36.0. The van der Waals surface area contributed by atoms with Crippen molar-refractivity contribution < 1.29 is 17.9 Å². The van der Waals surface area contributed by atoms with E-state index in [0.29, 0.717) is 58.2 Å². The molecular formula is C22H29N5O4S. The van der Waals surface area contributed by atoms with Crippen molar-refractivity contribution in [1.29, 1.82) is 0 Å². The van der Waals surface area contributed by atoms with Crippen molar-refractivity contribution in [2.75, 3.05) is 52.5 Å². The molecule has 2 aliphatic heterocycles. The minimum atomic E-state index is -3.52. The predicted molar refractivity (Wildman–Crippen MR) is 119 cm³/mol. The van der Waals surface area contributed by atoms with E-state index in [0.717, 1.165) is 41.8 Å². The minimum absolute atomic E-state index is 0.0982. The van der Waals surface area contributed by atoms with Crippen molar-refractivity contribution in [2.45, 2.75) is 26.2 Å². The van der Waals surface area contributed by atoms with Crippen LogP contribution >= 0.6 is 0 Å². The van der Waals surface area contributed by atoms with Crippen LogP contribution in [0.4, 0.5) is 0 Å². The molecular weight excluding hydrogens is 430 g/mol. The normalized spacial score (nSPS) is 20.5. The first kappa shape index (κ1) is 21.6. The van der Waals surface area contributed by atoms with Crippen molar-refractivity contribution in [3.8, 4) is 5.69 Å². The third kappa shape index (κ3) is 3.75. The largest absolute Gasteiger partial charge is 0.379 e. The zero-order valence-electron chi connectivity index (χ0n) is 18.4. The maximum atomic E-state index is 13.4. The lowest BCUT2D eigenvalue weighted by Gasteiger charge is -2.37. The summed E-state index contributed by atoms with van der Waals surface area (Å²) in [4.78, 5) is 15.1. The first-order chi connectivity index (χ1) is 15.5. The number of hydrogen-bond donors (Lipinski definition) is 0.